The van der Waals surface area contributed by atoms with Gasteiger partial charge in [-0.3, -0.25) is 0 Å². The number of hydrogen-bond acceptors (Lipinski definition) is 3. The minimum Gasteiger partial charge on any atom is -0.323 e. The second-order valence-corrected chi connectivity index (χ2v) is 5.02. The minimum absolute atomic E-state index is 0.590. The van der Waals surface area contributed by atoms with Gasteiger partial charge in [-0.2, -0.15) is 5.10 Å². The van der Waals surface area contributed by atoms with E-state index in [-0.39, 0.29) is 0 Å². The zero-order valence-electron chi connectivity index (χ0n) is 9.90. The van der Waals surface area contributed by atoms with Gasteiger partial charge in [-0.1, -0.05) is 49.2 Å². The summed E-state index contributed by atoms with van der Waals surface area (Å²) in [4.78, 5) is 0. The topological polar surface area (TPSA) is 38.4 Å². The molecule has 1 aromatic rings. The fourth-order valence-corrected chi connectivity index (χ4v) is 1.11. The number of benzene rings is 1. The van der Waals surface area contributed by atoms with E-state index in [2.05, 4.69) is 57.1 Å². The lowest BCUT2D eigenvalue weighted by atomic mass is 10.2. The molecule has 0 amide bonds. The van der Waals surface area contributed by atoms with E-state index in [1.807, 2.05) is 0 Å². The van der Waals surface area contributed by atoms with Crippen LogP contribution in [0.5, 0.6) is 0 Å². The zero-order valence-corrected chi connectivity index (χ0v) is 10.7. The van der Waals surface area contributed by atoms with Gasteiger partial charge in [-0.05, 0) is 13.8 Å². The van der Waals surface area contributed by atoms with Crippen molar-refractivity contribution in [2.75, 3.05) is 0 Å². The molecule has 0 saturated heterocycles. The normalized spacial score (nSPS) is 10.2. The first kappa shape index (κ1) is 14.0. The molecule has 0 heterocycles. The lowest BCUT2D eigenvalue weighted by Crippen LogP contribution is -1.86. The molecule has 0 aliphatic rings. The van der Waals surface area contributed by atoms with Crippen molar-refractivity contribution in [1.29, 1.82) is 0 Å². The molecule has 84 valence electrons. The molecule has 0 unspecified atom stereocenters. The highest BCUT2D eigenvalue weighted by Gasteiger charge is 1.85. The van der Waals surface area contributed by atoms with Gasteiger partial charge in [-0.25, -0.2) is 0 Å². The largest absolute Gasteiger partial charge is 0.323 e. The Balaban J connectivity index is 0.000000265. The van der Waals surface area contributed by atoms with E-state index in [1.165, 1.54) is 11.1 Å². The molecule has 0 saturated carbocycles. The fraction of sp³-hybridized carbons (Fsp3) is 0.417. The third kappa shape index (κ3) is 9.35. The van der Waals surface area contributed by atoms with Gasteiger partial charge in [0.25, 0.3) is 0 Å². The fourth-order valence-electron chi connectivity index (χ4n) is 0.794. The molecule has 0 fully saturated rings. The Hall–Kier alpha value is -0.960. The Morgan fingerprint density at radius 3 is 1.73 bits per heavy atom. The monoisotopic (exact) mass is 224 g/mol. The summed E-state index contributed by atoms with van der Waals surface area (Å²) in [6.45, 7) is 8.37. The van der Waals surface area contributed by atoms with Crippen molar-refractivity contribution in [1.82, 2.24) is 0 Å². The van der Waals surface area contributed by atoms with Gasteiger partial charge < -0.3 is 5.84 Å². The molecule has 0 aliphatic carbocycles. The maximum atomic E-state index is 4.83. The Bertz CT molecular complexity index is 257. The van der Waals surface area contributed by atoms with E-state index in [1.54, 1.807) is 17.3 Å². The molecule has 3 heteroatoms. The van der Waals surface area contributed by atoms with Crippen molar-refractivity contribution < 1.29 is 0 Å². The third-order valence-electron chi connectivity index (χ3n) is 1.61. The molecular weight excluding hydrogens is 204 g/mol. The van der Waals surface area contributed by atoms with Gasteiger partial charge in [0.1, 0.15) is 0 Å². The highest BCUT2D eigenvalue weighted by Crippen LogP contribution is 2.02. The van der Waals surface area contributed by atoms with Crippen LogP contribution in [0.4, 0.5) is 0 Å². The van der Waals surface area contributed by atoms with E-state index < -0.39 is 0 Å². The average molecular weight is 224 g/mol. The predicted molar refractivity (Wildman–Crippen MR) is 71.3 cm³/mol. The number of nitrogens with zero attached hydrogens (tertiary/aromatic N) is 1. The highest BCUT2D eigenvalue weighted by atomic mass is 32.2. The highest BCUT2D eigenvalue weighted by molar-refractivity contribution is 8.12. The summed E-state index contributed by atoms with van der Waals surface area (Å²) in [6, 6.07) is 8.48. The molecule has 0 aliphatic heterocycles. The van der Waals surface area contributed by atoms with Gasteiger partial charge in [-0.15, -0.1) is 11.8 Å². The Morgan fingerprint density at radius 1 is 1.13 bits per heavy atom. The van der Waals surface area contributed by atoms with Gasteiger partial charge in [0.05, 0.1) is 5.55 Å². The van der Waals surface area contributed by atoms with Crippen LogP contribution in [0.25, 0.3) is 0 Å². The van der Waals surface area contributed by atoms with Crippen LogP contribution in [0.3, 0.4) is 0 Å². The van der Waals surface area contributed by atoms with E-state index >= 15 is 0 Å². The van der Waals surface area contributed by atoms with E-state index in [9.17, 15) is 0 Å². The third-order valence-corrected chi connectivity index (χ3v) is 2.40. The number of thioether (sulfide) groups is 1. The molecule has 1 aromatic carbocycles. The first-order valence-corrected chi connectivity index (χ1v) is 5.91. The van der Waals surface area contributed by atoms with Crippen molar-refractivity contribution in [3.63, 3.8) is 0 Å². The van der Waals surface area contributed by atoms with Crippen LogP contribution in [0.15, 0.2) is 29.4 Å². The van der Waals surface area contributed by atoms with Crippen LogP contribution in [-0.2, 0) is 0 Å². The molecule has 0 spiro atoms. The van der Waals surface area contributed by atoms with Gasteiger partial charge in [0, 0.05) is 5.25 Å². The van der Waals surface area contributed by atoms with Crippen LogP contribution in [0.1, 0.15) is 25.0 Å². The number of aryl methyl sites for hydroxylation is 2. The van der Waals surface area contributed by atoms with Crippen LogP contribution in [-0.4, -0.2) is 10.8 Å². The zero-order chi connectivity index (χ0) is 11.7. The lowest BCUT2D eigenvalue weighted by molar-refractivity contribution is 1.12. The van der Waals surface area contributed by atoms with Crippen molar-refractivity contribution in [3.8, 4) is 0 Å². The standard InChI is InChI=1S/C8H10.C4H10N2S/c1-7-3-5-8(2)6-4-7;1-4(2)7-3-6-5/h3-6H,1-2H3;3-4H,5H2,1-2H3/b;6-3-. The molecule has 1 rings (SSSR count). The van der Waals surface area contributed by atoms with Crippen molar-refractivity contribution in [2.24, 2.45) is 10.9 Å². The summed E-state index contributed by atoms with van der Waals surface area (Å²) in [5, 5.41) is 3.90. The Morgan fingerprint density at radius 2 is 1.53 bits per heavy atom. The number of nitrogens with two attached hydrogens (primary N) is 1. The minimum atomic E-state index is 0.590. The molecule has 0 atom stereocenters. The summed E-state index contributed by atoms with van der Waals surface area (Å²) >= 11 is 1.61. The molecular formula is C12H20N2S. The molecule has 2 nitrogen and oxygen atoms in total. The summed E-state index contributed by atoms with van der Waals surface area (Å²) < 4.78 is 0. The molecule has 2 N–H and O–H groups in total. The Labute approximate surface area is 97.0 Å². The number of hydrogen-bond donors (Lipinski definition) is 1. The van der Waals surface area contributed by atoms with Crippen molar-refractivity contribution in [2.45, 2.75) is 32.9 Å². The van der Waals surface area contributed by atoms with E-state index in [0.717, 1.165) is 0 Å². The lowest BCUT2D eigenvalue weighted by Gasteiger charge is -1.92. The van der Waals surface area contributed by atoms with Gasteiger partial charge >= 0.3 is 0 Å². The molecule has 15 heavy (non-hydrogen) atoms. The van der Waals surface area contributed by atoms with Crippen molar-refractivity contribution in [3.05, 3.63) is 35.4 Å². The number of rotatable bonds is 2. The van der Waals surface area contributed by atoms with Crippen LogP contribution >= 0.6 is 11.8 Å². The number of hydrazone groups is 1. The maximum absolute atomic E-state index is 4.83. The molecule has 0 aromatic heterocycles. The van der Waals surface area contributed by atoms with E-state index in [4.69, 9.17) is 5.84 Å². The average Bonchev–Trinajstić information content (AvgIpc) is 2.20. The summed E-state index contributed by atoms with van der Waals surface area (Å²) in [5.74, 6) is 4.83. The quantitative estimate of drug-likeness (QED) is 0.362. The summed E-state index contributed by atoms with van der Waals surface area (Å²) in [5.41, 5.74) is 4.30. The van der Waals surface area contributed by atoms with Crippen LogP contribution in [0.2, 0.25) is 0 Å². The summed E-state index contributed by atoms with van der Waals surface area (Å²) in [6.07, 6.45) is 0. The SMILES string of the molecule is CC(C)S/C=N\N.Cc1ccc(C)cc1. The molecule has 0 radical (unpaired) electrons. The van der Waals surface area contributed by atoms with Crippen LogP contribution in [0, 0.1) is 13.8 Å². The van der Waals surface area contributed by atoms with E-state index in [0.29, 0.717) is 5.25 Å². The van der Waals surface area contributed by atoms with Crippen molar-refractivity contribution >= 4 is 17.3 Å². The predicted octanol–water partition coefficient (Wildman–Crippen LogP) is 3.33. The second kappa shape index (κ2) is 8.36. The summed E-state index contributed by atoms with van der Waals surface area (Å²) in [7, 11) is 0. The molecule has 0 bridgehead atoms. The maximum Gasteiger partial charge on any atom is 0.0797 e. The first-order valence-electron chi connectivity index (χ1n) is 4.96. The smallest absolute Gasteiger partial charge is 0.0797 e. The second-order valence-electron chi connectivity index (χ2n) is 3.59. The van der Waals surface area contributed by atoms with Gasteiger partial charge in [0.2, 0.25) is 0 Å². The first-order chi connectivity index (χ1) is 7.06. The van der Waals surface area contributed by atoms with Gasteiger partial charge in [0.15, 0.2) is 0 Å². The Kier molecular flexibility index (Phi) is 7.82. The van der Waals surface area contributed by atoms with Crippen LogP contribution < -0.4 is 5.84 Å².